The first-order valence-electron chi connectivity index (χ1n) is 13.7. The van der Waals surface area contributed by atoms with Crippen molar-refractivity contribution in [2.45, 2.75) is 68.4 Å². The molecule has 212 valence electrons. The molecule has 1 aliphatic carbocycles. The molecule has 2 N–H and O–H groups in total. The molecule has 3 fully saturated rings. The van der Waals surface area contributed by atoms with Crippen LogP contribution in [0.3, 0.4) is 0 Å². The highest BCUT2D eigenvalue weighted by molar-refractivity contribution is 5.96. The van der Waals surface area contributed by atoms with Gasteiger partial charge in [-0.2, -0.15) is 18.3 Å². The standard InChI is InChI=1S/C28H31F3N6O3/c29-28(30,31)19-4-1-3-18(15-19)26(39)32-16-25(38)36-14-10-21-22(36)9-13-35(21)20-7-11-27(40,12-8-20)23-5-2-6-24-33-17-34-37(23)24/h1-6,15,17,20-22,40H,7-14,16H2,(H,32,39)/t20?,21-,22-,27?/m1/s1. The van der Waals surface area contributed by atoms with E-state index in [0.29, 0.717) is 31.1 Å². The SMILES string of the molecule is O=C(NCC(=O)N1CC[C@@H]2[C@H]1CCN2C1CCC(O)(c2cccc3ncnn23)CC1)c1cccc(C(F)(F)F)c1. The number of alkyl halides is 3. The quantitative estimate of drug-likeness (QED) is 0.501. The van der Waals surface area contributed by atoms with Crippen LogP contribution < -0.4 is 5.32 Å². The highest BCUT2D eigenvalue weighted by Crippen LogP contribution is 2.42. The molecule has 1 aromatic carbocycles. The van der Waals surface area contributed by atoms with Crippen molar-refractivity contribution >= 4 is 17.5 Å². The average Bonchev–Trinajstić information content (AvgIpc) is 3.68. The highest BCUT2D eigenvalue weighted by Gasteiger charge is 2.48. The number of nitrogens with zero attached hydrogens (tertiary/aromatic N) is 5. The highest BCUT2D eigenvalue weighted by atomic mass is 19.4. The van der Waals surface area contributed by atoms with Gasteiger partial charge in [0.15, 0.2) is 5.65 Å². The molecule has 0 spiro atoms. The number of halogens is 3. The number of fused-ring (bicyclic) bond motifs is 2. The molecule has 40 heavy (non-hydrogen) atoms. The Bertz CT molecular complexity index is 1420. The minimum absolute atomic E-state index is 0.0441. The third-order valence-corrected chi connectivity index (χ3v) is 8.82. The van der Waals surface area contributed by atoms with Crippen molar-refractivity contribution < 1.29 is 27.9 Å². The third kappa shape index (κ3) is 4.83. The fourth-order valence-corrected chi connectivity index (χ4v) is 6.84. The lowest BCUT2D eigenvalue weighted by molar-refractivity contribution is -0.137. The third-order valence-electron chi connectivity index (χ3n) is 8.82. The molecule has 4 heterocycles. The molecule has 1 saturated carbocycles. The molecule has 0 radical (unpaired) electrons. The number of aromatic nitrogens is 3. The number of amides is 2. The minimum atomic E-state index is -4.55. The van der Waals surface area contributed by atoms with Crippen LogP contribution in [0.25, 0.3) is 5.65 Å². The van der Waals surface area contributed by atoms with E-state index in [1.165, 1.54) is 18.5 Å². The van der Waals surface area contributed by atoms with Gasteiger partial charge in [-0.05, 0) is 68.9 Å². The molecule has 12 heteroatoms. The van der Waals surface area contributed by atoms with Gasteiger partial charge >= 0.3 is 6.18 Å². The molecule has 0 unspecified atom stereocenters. The van der Waals surface area contributed by atoms with Gasteiger partial charge in [-0.3, -0.25) is 14.5 Å². The normalized spacial score (nSPS) is 27.2. The van der Waals surface area contributed by atoms with Crippen molar-refractivity contribution in [1.82, 2.24) is 29.7 Å². The first kappa shape index (κ1) is 26.7. The van der Waals surface area contributed by atoms with Gasteiger partial charge in [0, 0.05) is 36.8 Å². The Morgan fingerprint density at radius 1 is 1.02 bits per heavy atom. The smallest absolute Gasteiger partial charge is 0.384 e. The number of carbonyl (C=O) groups is 2. The number of carbonyl (C=O) groups excluding carboxylic acids is 2. The zero-order chi connectivity index (χ0) is 28.1. The first-order chi connectivity index (χ1) is 19.1. The molecule has 0 bridgehead atoms. The van der Waals surface area contributed by atoms with Crippen molar-refractivity contribution in [2.75, 3.05) is 19.6 Å². The number of nitrogens with one attached hydrogen (secondary N) is 1. The van der Waals surface area contributed by atoms with Gasteiger partial charge in [0.2, 0.25) is 5.91 Å². The van der Waals surface area contributed by atoms with E-state index in [1.807, 2.05) is 23.1 Å². The maximum atomic E-state index is 13.0. The Labute approximate surface area is 229 Å². The van der Waals surface area contributed by atoms with Gasteiger partial charge in [0.25, 0.3) is 5.91 Å². The predicted octanol–water partition coefficient (Wildman–Crippen LogP) is 2.98. The summed E-state index contributed by atoms with van der Waals surface area (Å²) in [6, 6.07) is 10.4. The van der Waals surface area contributed by atoms with Crippen molar-refractivity contribution in [1.29, 1.82) is 0 Å². The molecule has 6 rings (SSSR count). The number of hydrogen-bond acceptors (Lipinski definition) is 6. The summed E-state index contributed by atoms with van der Waals surface area (Å²) in [7, 11) is 0. The van der Waals surface area contributed by atoms with Crippen LogP contribution in [-0.4, -0.2) is 79.1 Å². The molecular formula is C28H31F3N6O3. The summed E-state index contributed by atoms with van der Waals surface area (Å²) in [5.74, 6) is -0.937. The molecule has 2 saturated heterocycles. The van der Waals surface area contributed by atoms with Crippen LogP contribution >= 0.6 is 0 Å². The van der Waals surface area contributed by atoms with Crippen LogP contribution in [0.5, 0.6) is 0 Å². The van der Waals surface area contributed by atoms with Crippen LogP contribution in [0.1, 0.15) is 60.1 Å². The predicted molar refractivity (Wildman–Crippen MR) is 138 cm³/mol. The van der Waals surface area contributed by atoms with E-state index in [0.717, 1.165) is 50.1 Å². The largest absolute Gasteiger partial charge is 0.416 e. The molecule has 9 nitrogen and oxygen atoms in total. The molecular weight excluding hydrogens is 525 g/mol. The molecule has 2 aliphatic heterocycles. The van der Waals surface area contributed by atoms with Crippen LogP contribution in [0.4, 0.5) is 13.2 Å². The summed E-state index contributed by atoms with van der Waals surface area (Å²) in [5.41, 5.74) is -0.553. The summed E-state index contributed by atoms with van der Waals surface area (Å²) < 4.78 is 40.7. The topological polar surface area (TPSA) is 103 Å². The second kappa shape index (κ2) is 10.2. The number of likely N-dealkylation sites (tertiary alicyclic amines) is 2. The van der Waals surface area contributed by atoms with Gasteiger partial charge in [0.1, 0.15) is 11.9 Å². The Morgan fingerprint density at radius 3 is 2.55 bits per heavy atom. The molecule has 3 aromatic rings. The van der Waals surface area contributed by atoms with E-state index < -0.39 is 23.2 Å². The van der Waals surface area contributed by atoms with E-state index in [9.17, 15) is 27.9 Å². The van der Waals surface area contributed by atoms with E-state index in [-0.39, 0.29) is 30.1 Å². The fourth-order valence-electron chi connectivity index (χ4n) is 6.84. The maximum Gasteiger partial charge on any atom is 0.416 e. The van der Waals surface area contributed by atoms with Crippen molar-refractivity contribution in [3.63, 3.8) is 0 Å². The Kier molecular flexibility index (Phi) is 6.78. The lowest BCUT2D eigenvalue weighted by atomic mass is 9.79. The van der Waals surface area contributed by atoms with Crippen LogP contribution in [0, 0.1) is 0 Å². The fraction of sp³-hybridized carbons (Fsp3) is 0.500. The average molecular weight is 557 g/mol. The van der Waals surface area contributed by atoms with Crippen molar-refractivity contribution in [3.05, 3.63) is 65.6 Å². The minimum Gasteiger partial charge on any atom is -0.384 e. The molecule has 3 aliphatic rings. The second-order valence-corrected chi connectivity index (χ2v) is 11.0. The summed E-state index contributed by atoms with van der Waals surface area (Å²) in [4.78, 5) is 34.0. The monoisotopic (exact) mass is 556 g/mol. The lowest BCUT2D eigenvalue weighted by Crippen LogP contribution is -2.47. The van der Waals surface area contributed by atoms with Gasteiger partial charge < -0.3 is 15.3 Å². The molecule has 2 amide bonds. The van der Waals surface area contributed by atoms with Crippen LogP contribution in [0.2, 0.25) is 0 Å². The van der Waals surface area contributed by atoms with Crippen LogP contribution in [-0.2, 0) is 16.6 Å². The molecule has 2 atom stereocenters. The Hall–Kier alpha value is -3.51. The van der Waals surface area contributed by atoms with E-state index in [1.54, 1.807) is 4.52 Å². The number of benzene rings is 1. The van der Waals surface area contributed by atoms with Gasteiger partial charge in [-0.15, -0.1) is 0 Å². The van der Waals surface area contributed by atoms with Gasteiger partial charge in [-0.1, -0.05) is 12.1 Å². The second-order valence-electron chi connectivity index (χ2n) is 11.0. The van der Waals surface area contributed by atoms with Crippen molar-refractivity contribution in [2.24, 2.45) is 0 Å². The number of aliphatic hydroxyl groups is 1. The first-order valence-corrected chi connectivity index (χ1v) is 13.7. The van der Waals surface area contributed by atoms with E-state index >= 15 is 0 Å². The van der Waals surface area contributed by atoms with Crippen molar-refractivity contribution in [3.8, 4) is 0 Å². The maximum absolute atomic E-state index is 13.0. The van der Waals surface area contributed by atoms with E-state index in [2.05, 4.69) is 20.3 Å². The number of hydrogen-bond donors (Lipinski definition) is 2. The number of pyridine rings is 1. The zero-order valence-electron chi connectivity index (χ0n) is 21.8. The number of rotatable bonds is 5. The summed E-state index contributed by atoms with van der Waals surface area (Å²) in [5, 5.41) is 18.3. The summed E-state index contributed by atoms with van der Waals surface area (Å²) in [6.07, 6.45) is 1.46. The van der Waals surface area contributed by atoms with Crippen LogP contribution in [0.15, 0.2) is 48.8 Å². The lowest BCUT2D eigenvalue weighted by Gasteiger charge is -2.41. The van der Waals surface area contributed by atoms with Gasteiger partial charge in [-0.25, -0.2) is 9.50 Å². The zero-order valence-corrected chi connectivity index (χ0v) is 21.8. The summed E-state index contributed by atoms with van der Waals surface area (Å²) in [6.45, 7) is 1.18. The Morgan fingerprint density at radius 2 is 1.77 bits per heavy atom. The summed E-state index contributed by atoms with van der Waals surface area (Å²) >= 11 is 0. The Balaban J connectivity index is 1.04. The van der Waals surface area contributed by atoms with Gasteiger partial charge in [0.05, 0.1) is 17.8 Å². The molecule has 2 aromatic heterocycles. The van der Waals surface area contributed by atoms with E-state index in [4.69, 9.17) is 0 Å².